The SMILES string of the molecule is CC#CNC(=O)OCCCC.I. The average molecular weight is 283 g/mol. The van der Waals surface area contributed by atoms with Crippen LogP contribution in [-0.4, -0.2) is 12.7 Å². The van der Waals surface area contributed by atoms with Crippen molar-refractivity contribution in [2.24, 2.45) is 0 Å². The Kier molecular flexibility index (Phi) is 12.4. The number of carbonyl (C=O) groups is 1. The van der Waals surface area contributed by atoms with Gasteiger partial charge < -0.3 is 4.74 Å². The molecule has 0 spiro atoms. The van der Waals surface area contributed by atoms with E-state index < -0.39 is 6.09 Å². The molecule has 0 saturated carbocycles. The lowest BCUT2D eigenvalue weighted by Crippen LogP contribution is -2.19. The number of hydrogen-bond donors (Lipinski definition) is 1. The molecule has 0 rings (SSSR count). The normalized spacial score (nSPS) is 7.17. The Labute approximate surface area is 90.3 Å². The maximum absolute atomic E-state index is 10.6. The summed E-state index contributed by atoms with van der Waals surface area (Å²) < 4.78 is 4.73. The minimum absolute atomic E-state index is 0. The van der Waals surface area contributed by atoms with E-state index in [1.54, 1.807) is 6.92 Å². The molecule has 0 aliphatic carbocycles. The smallest absolute Gasteiger partial charge is 0.418 e. The van der Waals surface area contributed by atoms with Gasteiger partial charge in [0.05, 0.1) is 6.61 Å². The number of unbranched alkanes of at least 4 members (excludes halogenated alkanes) is 1. The van der Waals surface area contributed by atoms with E-state index in [0.29, 0.717) is 6.61 Å². The van der Waals surface area contributed by atoms with Gasteiger partial charge in [-0.2, -0.15) is 0 Å². The van der Waals surface area contributed by atoms with E-state index in [1.165, 1.54) is 0 Å². The fourth-order valence-corrected chi connectivity index (χ4v) is 0.459. The molecule has 0 fully saturated rings. The summed E-state index contributed by atoms with van der Waals surface area (Å²) >= 11 is 0. The predicted molar refractivity (Wildman–Crippen MR) is 58.3 cm³/mol. The van der Waals surface area contributed by atoms with Crippen molar-refractivity contribution in [2.75, 3.05) is 6.61 Å². The highest BCUT2D eigenvalue weighted by atomic mass is 127. The van der Waals surface area contributed by atoms with Crippen LogP contribution >= 0.6 is 24.0 Å². The summed E-state index contributed by atoms with van der Waals surface area (Å²) in [5.41, 5.74) is 0. The second kappa shape index (κ2) is 10.6. The molecule has 0 saturated heterocycles. The van der Waals surface area contributed by atoms with Crippen LogP contribution in [0.1, 0.15) is 26.7 Å². The summed E-state index contributed by atoms with van der Waals surface area (Å²) in [7, 11) is 0. The molecule has 12 heavy (non-hydrogen) atoms. The van der Waals surface area contributed by atoms with Crippen molar-refractivity contribution >= 4 is 30.1 Å². The summed E-state index contributed by atoms with van der Waals surface area (Å²) in [6, 6.07) is 2.40. The Morgan fingerprint density at radius 1 is 1.58 bits per heavy atom. The molecule has 0 aromatic carbocycles. The number of rotatable bonds is 3. The standard InChI is InChI=1S/C8H13NO2.HI/c1-3-5-7-11-8(10)9-6-4-2;/h3,5,7H2,1-2H3,(H,9,10);1H. The topological polar surface area (TPSA) is 38.3 Å². The fourth-order valence-electron chi connectivity index (χ4n) is 0.459. The first-order valence-electron chi connectivity index (χ1n) is 3.65. The lowest BCUT2D eigenvalue weighted by Gasteiger charge is -1.99. The number of amides is 1. The minimum Gasteiger partial charge on any atom is -0.449 e. The molecule has 0 atom stereocenters. The Bertz CT molecular complexity index is 172. The van der Waals surface area contributed by atoms with Crippen molar-refractivity contribution < 1.29 is 9.53 Å². The van der Waals surface area contributed by atoms with E-state index in [0.717, 1.165) is 12.8 Å². The maximum atomic E-state index is 10.6. The van der Waals surface area contributed by atoms with Crippen LogP contribution in [0.15, 0.2) is 0 Å². The minimum atomic E-state index is -0.465. The van der Waals surface area contributed by atoms with Crippen LogP contribution in [0, 0.1) is 12.0 Å². The van der Waals surface area contributed by atoms with Gasteiger partial charge >= 0.3 is 6.09 Å². The molecule has 3 nitrogen and oxygen atoms in total. The third kappa shape index (κ3) is 9.56. The van der Waals surface area contributed by atoms with Gasteiger partial charge in [-0.25, -0.2) is 10.1 Å². The van der Waals surface area contributed by atoms with Crippen molar-refractivity contribution in [3.63, 3.8) is 0 Å². The van der Waals surface area contributed by atoms with Crippen molar-refractivity contribution in [1.82, 2.24) is 5.32 Å². The summed E-state index contributed by atoms with van der Waals surface area (Å²) in [6.45, 7) is 4.15. The number of hydrogen-bond acceptors (Lipinski definition) is 2. The first-order valence-corrected chi connectivity index (χ1v) is 3.65. The van der Waals surface area contributed by atoms with Gasteiger partial charge in [-0.3, -0.25) is 0 Å². The van der Waals surface area contributed by atoms with E-state index in [-0.39, 0.29) is 24.0 Å². The molecule has 0 aliphatic heterocycles. The summed E-state index contributed by atoms with van der Waals surface area (Å²) in [6.07, 6.45) is 1.45. The van der Waals surface area contributed by atoms with Crippen molar-refractivity contribution in [3.8, 4) is 12.0 Å². The second-order valence-corrected chi connectivity index (χ2v) is 1.99. The molecule has 0 aromatic heterocycles. The van der Waals surface area contributed by atoms with Crippen LogP contribution in [-0.2, 0) is 4.74 Å². The van der Waals surface area contributed by atoms with E-state index in [9.17, 15) is 4.79 Å². The molecule has 0 radical (unpaired) electrons. The third-order valence-corrected chi connectivity index (χ3v) is 1.02. The highest BCUT2D eigenvalue weighted by Gasteiger charge is 1.95. The third-order valence-electron chi connectivity index (χ3n) is 1.02. The largest absolute Gasteiger partial charge is 0.449 e. The van der Waals surface area contributed by atoms with Crippen LogP contribution in [0.4, 0.5) is 4.79 Å². The first-order chi connectivity index (χ1) is 5.31. The summed E-state index contributed by atoms with van der Waals surface area (Å²) in [4.78, 5) is 10.6. The Morgan fingerprint density at radius 3 is 2.75 bits per heavy atom. The molecule has 0 bridgehead atoms. The molecule has 0 aromatic rings. The number of alkyl carbamates (subject to hydrolysis) is 1. The van der Waals surface area contributed by atoms with Crippen molar-refractivity contribution in [1.29, 1.82) is 0 Å². The van der Waals surface area contributed by atoms with Crippen LogP contribution < -0.4 is 5.32 Å². The monoisotopic (exact) mass is 283 g/mol. The van der Waals surface area contributed by atoms with Crippen molar-refractivity contribution in [2.45, 2.75) is 26.7 Å². The highest BCUT2D eigenvalue weighted by molar-refractivity contribution is 14.0. The number of carbonyl (C=O) groups excluding carboxylic acids is 1. The van der Waals surface area contributed by atoms with E-state index in [1.807, 2.05) is 6.92 Å². The van der Waals surface area contributed by atoms with Crippen LogP contribution in [0.25, 0.3) is 0 Å². The molecular weight excluding hydrogens is 269 g/mol. The zero-order valence-electron chi connectivity index (χ0n) is 7.35. The fraction of sp³-hybridized carbons (Fsp3) is 0.625. The zero-order valence-corrected chi connectivity index (χ0v) is 9.68. The van der Waals surface area contributed by atoms with Gasteiger partial charge in [0, 0.05) is 6.04 Å². The second-order valence-electron chi connectivity index (χ2n) is 1.99. The van der Waals surface area contributed by atoms with Crippen molar-refractivity contribution in [3.05, 3.63) is 0 Å². The summed E-state index contributed by atoms with van der Waals surface area (Å²) in [5.74, 6) is 2.53. The van der Waals surface area contributed by atoms with Gasteiger partial charge in [0.2, 0.25) is 0 Å². The molecule has 1 amide bonds. The van der Waals surface area contributed by atoms with E-state index in [4.69, 9.17) is 4.74 Å². The van der Waals surface area contributed by atoms with Gasteiger partial charge in [-0.1, -0.05) is 19.3 Å². The van der Waals surface area contributed by atoms with Gasteiger partial charge in [0.25, 0.3) is 0 Å². The van der Waals surface area contributed by atoms with Crippen LogP contribution in [0.3, 0.4) is 0 Å². The summed E-state index contributed by atoms with van der Waals surface area (Å²) in [5, 5.41) is 2.27. The Morgan fingerprint density at radius 2 is 2.25 bits per heavy atom. The molecule has 0 unspecified atom stereocenters. The number of ether oxygens (including phenoxy) is 1. The lowest BCUT2D eigenvalue weighted by molar-refractivity contribution is 0.149. The van der Waals surface area contributed by atoms with Gasteiger partial charge in [-0.05, 0) is 13.3 Å². The molecule has 0 heterocycles. The van der Waals surface area contributed by atoms with Crippen LogP contribution in [0.5, 0.6) is 0 Å². The lowest BCUT2D eigenvalue weighted by atomic mass is 10.4. The zero-order chi connectivity index (χ0) is 8.53. The van der Waals surface area contributed by atoms with E-state index >= 15 is 0 Å². The highest BCUT2D eigenvalue weighted by Crippen LogP contribution is 1.87. The quantitative estimate of drug-likeness (QED) is 0.373. The maximum Gasteiger partial charge on any atom is 0.418 e. The molecular formula is C8H14INO2. The molecule has 1 N–H and O–H groups in total. The predicted octanol–water partition coefficient (Wildman–Crippen LogP) is 2.11. The van der Waals surface area contributed by atoms with E-state index in [2.05, 4.69) is 17.3 Å². The molecule has 70 valence electrons. The Hall–Kier alpha value is -0.440. The molecule has 0 aliphatic rings. The van der Waals surface area contributed by atoms with Gasteiger partial charge in [0.1, 0.15) is 0 Å². The van der Waals surface area contributed by atoms with Crippen LogP contribution in [0.2, 0.25) is 0 Å². The Balaban J connectivity index is 0. The number of nitrogens with one attached hydrogen (secondary N) is 1. The van der Waals surface area contributed by atoms with Gasteiger partial charge in [-0.15, -0.1) is 24.0 Å². The first kappa shape index (κ1) is 14.1. The number of halogens is 1. The average Bonchev–Trinajstić information content (AvgIpc) is 2.01. The van der Waals surface area contributed by atoms with Gasteiger partial charge in [0.15, 0.2) is 0 Å². The molecule has 4 heteroatoms.